The van der Waals surface area contributed by atoms with E-state index < -0.39 is 0 Å². The lowest BCUT2D eigenvalue weighted by Gasteiger charge is -2.03. The lowest BCUT2D eigenvalue weighted by atomic mass is 10.2. The van der Waals surface area contributed by atoms with Crippen LogP contribution in [0.4, 0.5) is 5.82 Å². The molecule has 0 bridgehead atoms. The fourth-order valence-electron chi connectivity index (χ4n) is 1.93. The van der Waals surface area contributed by atoms with E-state index in [1.54, 1.807) is 6.07 Å². The quantitative estimate of drug-likeness (QED) is 0.708. The standard InChI is InChI=1S/C14H10Cl2N2O/c1-7-2-3-11-8(4-7)5-12(19-11)13-9(15)6-10(16)14(17)18-13/h2-6H,1H3,(H2,17,18). The van der Waals surface area contributed by atoms with Crippen LogP contribution >= 0.6 is 23.2 Å². The second kappa shape index (κ2) is 4.44. The molecule has 0 aliphatic rings. The van der Waals surface area contributed by atoms with E-state index >= 15 is 0 Å². The van der Waals surface area contributed by atoms with Gasteiger partial charge < -0.3 is 10.2 Å². The van der Waals surface area contributed by atoms with Crippen molar-refractivity contribution in [1.29, 1.82) is 0 Å². The molecule has 3 aromatic rings. The second-order valence-electron chi connectivity index (χ2n) is 4.34. The summed E-state index contributed by atoms with van der Waals surface area (Å²) in [5.41, 5.74) is 8.15. The van der Waals surface area contributed by atoms with Crippen molar-refractivity contribution in [2.75, 3.05) is 5.73 Å². The molecular formula is C14H10Cl2N2O. The highest BCUT2D eigenvalue weighted by atomic mass is 35.5. The molecule has 2 N–H and O–H groups in total. The van der Waals surface area contributed by atoms with Crippen LogP contribution in [0, 0.1) is 6.92 Å². The predicted molar refractivity (Wildman–Crippen MR) is 78.6 cm³/mol. The molecule has 1 aromatic carbocycles. The lowest BCUT2D eigenvalue weighted by Crippen LogP contribution is -1.93. The Morgan fingerprint density at radius 2 is 1.89 bits per heavy atom. The number of aromatic nitrogens is 1. The van der Waals surface area contributed by atoms with Crippen molar-refractivity contribution in [1.82, 2.24) is 4.98 Å². The van der Waals surface area contributed by atoms with Crippen LogP contribution in [-0.4, -0.2) is 4.98 Å². The highest BCUT2D eigenvalue weighted by Crippen LogP contribution is 2.34. The van der Waals surface area contributed by atoms with Gasteiger partial charge in [0, 0.05) is 5.39 Å². The summed E-state index contributed by atoms with van der Waals surface area (Å²) >= 11 is 12.0. The molecule has 96 valence electrons. The van der Waals surface area contributed by atoms with E-state index in [2.05, 4.69) is 4.98 Å². The molecule has 0 unspecified atom stereocenters. The van der Waals surface area contributed by atoms with Gasteiger partial charge in [0.25, 0.3) is 0 Å². The summed E-state index contributed by atoms with van der Waals surface area (Å²) in [5, 5.41) is 1.75. The van der Waals surface area contributed by atoms with Crippen LogP contribution in [0.25, 0.3) is 22.4 Å². The van der Waals surface area contributed by atoms with E-state index in [0.717, 1.165) is 16.5 Å². The minimum atomic E-state index is 0.234. The number of fused-ring (bicyclic) bond motifs is 1. The summed E-state index contributed by atoms with van der Waals surface area (Å²) in [6, 6.07) is 9.40. The fourth-order valence-corrected chi connectivity index (χ4v) is 2.38. The molecule has 0 radical (unpaired) electrons. The molecule has 0 saturated carbocycles. The van der Waals surface area contributed by atoms with E-state index in [-0.39, 0.29) is 5.82 Å². The molecule has 2 aromatic heterocycles. The van der Waals surface area contributed by atoms with Crippen LogP contribution in [-0.2, 0) is 0 Å². The van der Waals surface area contributed by atoms with Crippen LogP contribution in [0.5, 0.6) is 0 Å². The average Bonchev–Trinajstić information content (AvgIpc) is 2.76. The minimum absolute atomic E-state index is 0.234. The Morgan fingerprint density at radius 1 is 1.11 bits per heavy atom. The normalized spacial score (nSPS) is 11.1. The van der Waals surface area contributed by atoms with Gasteiger partial charge in [-0.25, -0.2) is 4.98 Å². The molecule has 19 heavy (non-hydrogen) atoms. The van der Waals surface area contributed by atoms with Gasteiger partial charge in [0.05, 0.1) is 10.0 Å². The number of aryl methyl sites for hydroxylation is 1. The van der Waals surface area contributed by atoms with Gasteiger partial charge in [-0.05, 0) is 31.2 Å². The Hall–Kier alpha value is -1.71. The number of anilines is 1. The predicted octanol–water partition coefficient (Wildman–Crippen LogP) is 4.69. The summed E-state index contributed by atoms with van der Waals surface area (Å²) in [4.78, 5) is 4.18. The van der Waals surface area contributed by atoms with Crippen LogP contribution in [0.1, 0.15) is 5.56 Å². The highest BCUT2D eigenvalue weighted by molar-refractivity contribution is 6.37. The first-order valence-corrected chi connectivity index (χ1v) is 6.42. The van der Waals surface area contributed by atoms with Gasteiger partial charge >= 0.3 is 0 Å². The summed E-state index contributed by atoms with van der Waals surface area (Å²) in [7, 11) is 0. The molecule has 2 heterocycles. The largest absolute Gasteiger partial charge is 0.454 e. The first-order chi connectivity index (χ1) is 9.04. The van der Waals surface area contributed by atoms with Crippen molar-refractivity contribution < 1.29 is 4.42 Å². The number of benzene rings is 1. The Morgan fingerprint density at radius 3 is 2.68 bits per heavy atom. The van der Waals surface area contributed by atoms with E-state index in [0.29, 0.717) is 21.5 Å². The van der Waals surface area contributed by atoms with Crippen molar-refractivity contribution in [2.45, 2.75) is 6.92 Å². The molecule has 0 atom stereocenters. The number of halogens is 2. The smallest absolute Gasteiger partial charge is 0.155 e. The van der Waals surface area contributed by atoms with Crippen LogP contribution in [0.2, 0.25) is 10.0 Å². The van der Waals surface area contributed by atoms with Crippen LogP contribution < -0.4 is 5.73 Å². The Labute approximate surface area is 119 Å². The van der Waals surface area contributed by atoms with Crippen molar-refractivity contribution >= 4 is 40.0 Å². The second-order valence-corrected chi connectivity index (χ2v) is 5.15. The number of nitrogens with two attached hydrogens (primary N) is 1. The molecule has 0 aliphatic heterocycles. The van der Waals surface area contributed by atoms with Gasteiger partial charge in [-0.2, -0.15) is 0 Å². The van der Waals surface area contributed by atoms with Gasteiger partial charge in [0.1, 0.15) is 17.1 Å². The maximum atomic E-state index is 6.13. The van der Waals surface area contributed by atoms with Gasteiger partial charge in [-0.3, -0.25) is 0 Å². The lowest BCUT2D eigenvalue weighted by molar-refractivity contribution is 0.629. The molecule has 0 spiro atoms. The third kappa shape index (κ3) is 2.15. The summed E-state index contributed by atoms with van der Waals surface area (Å²) in [6.07, 6.45) is 0. The SMILES string of the molecule is Cc1ccc2oc(-c3nc(N)c(Cl)cc3Cl)cc2c1. The van der Waals surface area contributed by atoms with E-state index in [4.69, 9.17) is 33.4 Å². The minimum Gasteiger partial charge on any atom is -0.454 e. The average molecular weight is 293 g/mol. The van der Waals surface area contributed by atoms with E-state index in [1.165, 1.54) is 0 Å². The number of nitrogen functional groups attached to an aromatic ring is 1. The number of hydrogen-bond donors (Lipinski definition) is 1. The number of furan rings is 1. The monoisotopic (exact) mass is 292 g/mol. The van der Waals surface area contributed by atoms with Gasteiger partial charge in [-0.1, -0.05) is 34.8 Å². The van der Waals surface area contributed by atoms with Crippen LogP contribution in [0.3, 0.4) is 0 Å². The fraction of sp³-hybridized carbons (Fsp3) is 0.0714. The Kier molecular flexibility index (Phi) is 2.88. The summed E-state index contributed by atoms with van der Waals surface area (Å²) < 4.78 is 5.74. The zero-order chi connectivity index (χ0) is 13.6. The third-order valence-corrected chi connectivity index (χ3v) is 3.45. The van der Waals surface area contributed by atoms with Crippen molar-refractivity contribution in [3.05, 3.63) is 45.9 Å². The molecule has 0 saturated heterocycles. The van der Waals surface area contributed by atoms with Crippen molar-refractivity contribution in [3.63, 3.8) is 0 Å². The van der Waals surface area contributed by atoms with Crippen molar-refractivity contribution in [2.24, 2.45) is 0 Å². The Balaban J connectivity index is 2.21. The molecule has 0 amide bonds. The van der Waals surface area contributed by atoms with Crippen LogP contribution in [0.15, 0.2) is 34.7 Å². The first kappa shape index (κ1) is 12.3. The topological polar surface area (TPSA) is 52.0 Å². The third-order valence-electron chi connectivity index (χ3n) is 2.86. The highest BCUT2D eigenvalue weighted by Gasteiger charge is 2.14. The Bertz CT molecular complexity index is 780. The summed E-state index contributed by atoms with van der Waals surface area (Å²) in [5.74, 6) is 0.812. The van der Waals surface area contributed by atoms with Crippen molar-refractivity contribution in [3.8, 4) is 11.5 Å². The number of nitrogens with zero attached hydrogens (tertiary/aromatic N) is 1. The van der Waals surface area contributed by atoms with Gasteiger partial charge in [-0.15, -0.1) is 0 Å². The summed E-state index contributed by atoms with van der Waals surface area (Å²) in [6.45, 7) is 2.03. The molecule has 5 heteroatoms. The number of pyridine rings is 1. The zero-order valence-corrected chi connectivity index (χ0v) is 11.6. The molecular weight excluding hydrogens is 283 g/mol. The molecule has 3 rings (SSSR count). The molecule has 0 fully saturated rings. The maximum Gasteiger partial charge on any atom is 0.155 e. The van der Waals surface area contributed by atoms with E-state index in [1.807, 2.05) is 31.2 Å². The van der Waals surface area contributed by atoms with Gasteiger partial charge in [0.2, 0.25) is 0 Å². The van der Waals surface area contributed by atoms with Gasteiger partial charge in [0.15, 0.2) is 5.76 Å². The zero-order valence-electron chi connectivity index (χ0n) is 10.1. The molecule has 0 aliphatic carbocycles. The number of hydrogen-bond acceptors (Lipinski definition) is 3. The molecule has 3 nitrogen and oxygen atoms in total. The van der Waals surface area contributed by atoms with E-state index in [9.17, 15) is 0 Å². The maximum absolute atomic E-state index is 6.13. The number of rotatable bonds is 1. The first-order valence-electron chi connectivity index (χ1n) is 5.66.